The predicted octanol–water partition coefficient (Wildman–Crippen LogP) is 3.43. The molecule has 10 nitrogen and oxygen atoms in total. The van der Waals surface area contributed by atoms with Crippen molar-refractivity contribution in [3.05, 3.63) is 76.6 Å². The number of aromatic nitrogens is 1. The van der Waals surface area contributed by atoms with Gasteiger partial charge in [0.05, 0.1) is 26.7 Å². The van der Waals surface area contributed by atoms with Gasteiger partial charge in [0.25, 0.3) is 5.91 Å². The number of piperazine rings is 1. The molecular formula is C30H32N4O6. The summed E-state index contributed by atoms with van der Waals surface area (Å²) in [5, 5.41) is 3.26. The lowest BCUT2D eigenvalue weighted by atomic mass is 10.0. The van der Waals surface area contributed by atoms with E-state index in [9.17, 15) is 9.59 Å². The lowest BCUT2D eigenvalue weighted by Gasteiger charge is -2.35. The van der Waals surface area contributed by atoms with Crippen LogP contribution >= 0.6 is 0 Å². The zero-order chi connectivity index (χ0) is 28.1. The van der Waals surface area contributed by atoms with Gasteiger partial charge in [-0.1, -0.05) is 18.2 Å². The van der Waals surface area contributed by atoms with Crippen LogP contribution in [0.15, 0.2) is 70.0 Å². The molecule has 0 atom stereocenters. The summed E-state index contributed by atoms with van der Waals surface area (Å²) in [6.45, 7) is 4.43. The van der Waals surface area contributed by atoms with Crippen LogP contribution in [0.25, 0.3) is 22.3 Å². The molecule has 40 heavy (non-hydrogen) atoms. The molecule has 10 heteroatoms. The molecule has 0 saturated carbocycles. The number of nitrogens with zero attached hydrogens (tertiary/aromatic N) is 3. The van der Waals surface area contributed by atoms with Gasteiger partial charge in [-0.2, -0.15) is 0 Å². The number of nitrogens with one attached hydrogen (secondary N) is 1. The van der Waals surface area contributed by atoms with Crippen LogP contribution < -0.4 is 29.9 Å². The topological polar surface area (TPSA) is 106 Å². The second-order valence-electron chi connectivity index (χ2n) is 9.32. The Morgan fingerprint density at radius 3 is 2.30 bits per heavy atom. The van der Waals surface area contributed by atoms with Gasteiger partial charge < -0.3 is 28.8 Å². The highest BCUT2D eigenvalue weighted by atomic mass is 16.5. The Labute approximate surface area is 232 Å². The summed E-state index contributed by atoms with van der Waals surface area (Å²) in [4.78, 5) is 36.1. The molecule has 1 N–H and O–H groups in total. The monoisotopic (exact) mass is 544 g/mol. The summed E-state index contributed by atoms with van der Waals surface area (Å²) in [7, 11) is 4.51. The number of pyridine rings is 1. The van der Waals surface area contributed by atoms with Gasteiger partial charge in [0.1, 0.15) is 17.0 Å². The van der Waals surface area contributed by atoms with Crippen molar-refractivity contribution in [3.8, 4) is 28.6 Å². The Balaban J connectivity index is 1.38. The first-order chi connectivity index (χ1) is 19.5. The van der Waals surface area contributed by atoms with Crippen LogP contribution in [0.1, 0.15) is 10.4 Å². The standard InChI is InChI=1S/C30H32N4O6/c1-37-23-18-20(19-24(38-2)29(23)39-3)28-26(27(35)21-8-4-5-9-22(21)40-28)30(36)32-12-13-33-14-16-34(17-15-33)25-10-6-7-11-31-25/h4-11,18-19H,12-17H2,1-3H3,(H,32,36). The zero-order valence-corrected chi connectivity index (χ0v) is 22.8. The molecule has 0 aliphatic carbocycles. The third-order valence-electron chi connectivity index (χ3n) is 7.01. The molecule has 1 saturated heterocycles. The van der Waals surface area contributed by atoms with Crippen molar-refractivity contribution in [2.24, 2.45) is 0 Å². The minimum Gasteiger partial charge on any atom is -0.493 e. The molecule has 0 spiro atoms. The van der Waals surface area contributed by atoms with Crippen LogP contribution in [-0.2, 0) is 0 Å². The molecule has 1 aliphatic rings. The summed E-state index contributed by atoms with van der Waals surface area (Å²) in [6.07, 6.45) is 1.80. The molecule has 1 aliphatic heterocycles. The maximum atomic E-state index is 13.6. The van der Waals surface area contributed by atoms with Crippen molar-refractivity contribution >= 4 is 22.7 Å². The molecule has 1 fully saturated rings. The van der Waals surface area contributed by atoms with Crippen molar-refractivity contribution < 1.29 is 23.4 Å². The number of methoxy groups -OCH3 is 3. The first-order valence-electron chi connectivity index (χ1n) is 13.1. The number of fused-ring (bicyclic) bond motifs is 1. The molecular weight excluding hydrogens is 512 g/mol. The van der Waals surface area contributed by atoms with Crippen molar-refractivity contribution in [1.82, 2.24) is 15.2 Å². The van der Waals surface area contributed by atoms with Crippen LogP contribution in [-0.4, -0.2) is 76.4 Å². The van der Waals surface area contributed by atoms with E-state index in [0.29, 0.717) is 46.9 Å². The average Bonchev–Trinajstić information content (AvgIpc) is 3.00. The molecule has 2 aromatic carbocycles. The van der Waals surface area contributed by atoms with Gasteiger partial charge in [0.15, 0.2) is 17.3 Å². The quantitative estimate of drug-likeness (QED) is 0.339. The smallest absolute Gasteiger partial charge is 0.259 e. The van der Waals surface area contributed by atoms with E-state index >= 15 is 0 Å². The van der Waals surface area contributed by atoms with Gasteiger partial charge in [-0.3, -0.25) is 14.5 Å². The average molecular weight is 545 g/mol. The Kier molecular flexibility index (Phi) is 8.16. The van der Waals surface area contributed by atoms with E-state index in [1.165, 1.54) is 21.3 Å². The molecule has 0 unspecified atom stereocenters. The first kappa shape index (κ1) is 27.0. The van der Waals surface area contributed by atoms with Crippen LogP contribution in [0, 0.1) is 0 Å². The number of anilines is 1. The summed E-state index contributed by atoms with van der Waals surface area (Å²) < 4.78 is 22.6. The van der Waals surface area contributed by atoms with E-state index in [1.807, 2.05) is 18.2 Å². The highest BCUT2D eigenvalue weighted by Gasteiger charge is 2.25. The largest absolute Gasteiger partial charge is 0.493 e. The number of hydrogen-bond donors (Lipinski definition) is 1. The van der Waals surface area contributed by atoms with Crippen molar-refractivity contribution in [3.63, 3.8) is 0 Å². The van der Waals surface area contributed by atoms with Gasteiger partial charge in [0, 0.05) is 51.0 Å². The molecule has 4 aromatic rings. The molecule has 2 aromatic heterocycles. The van der Waals surface area contributed by atoms with Crippen LogP contribution in [0.3, 0.4) is 0 Å². The summed E-state index contributed by atoms with van der Waals surface area (Å²) in [6, 6.07) is 16.1. The molecule has 208 valence electrons. The maximum Gasteiger partial charge on any atom is 0.259 e. The Hall–Kier alpha value is -4.57. The number of ether oxygens (including phenoxy) is 3. The molecule has 1 amide bonds. The van der Waals surface area contributed by atoms with Crippen LogP contribution in [0.4, 0.5) is 5.82 Å². The SMILES string of the molecule is COc1cc(-c2oc3ccccc3c(=O)c2C(=O)NCCN2CCN(c3ccccn3)CC2)cc(OC)c1OC. The zero-order valence-electron chi connectivity index (χ0n) is 22.8. The van der Waals surface area contributed by atoms with Gasteiger partial charge in [0.2, 0.25) is 11.2 Å². The third-order valence-corrected chi connectivity index (χ3v) is 7.01. The lowest BCUT2D eigenvalue weighted by molar-refractivity contribution is 0.0946. The predicted molar refractivity (Wildman–Crippen MR) is 153 cm³/mol. The third kappa shape index (κ3) is 5.43. The van der Waals surface area contributed by atoms with E-state index in [4.69, 9.17) is 18.6 Å². The minimum absolute atomic E-state index is 0.0760. The fraction of sp³-hybridized carbons (Fsp3) is 0.300. The number of hydrogen-bond acceptors (Lipinski definition) is 9. The number of benzene rings is 2. The van der Waals surface area contributed by atoms with E-state index in [2.05, 4.69) is 20.1 Å². The Morgan fingerprint density at radius 1 is 0.950 bits per heavy atom. The molecule has 0 bridgehead atoms. The van der Waals surface area contributed by atoms with Gasteiger partial charge >= 0.3 is 0 Å². The van der Waals surface area contributed by atoms with E-state index in [-0.39, 0.29) is 11.3 Å². The molecule has 5 rings (SSSR count). The van der Waals surface area contributed by atoms with Crippen molar-refractivity contribution in [1.29, 1.82) is 0 Å². The van der Waals surface area contributed by atoms with Crippen LogP contribution in [0.5, 0.6) is 17.2 Å². The first-order valence-corrected chi connectivity index (χ1v) is 13.1. The fourth-order valence-corrected chi connectivity index (χ4v) is 4.92. The van der Waals surface area contributed by atoms with Crippen molar-refractivity contribution in [2.75, 3.05) is 65.5 Å². The number of para-hydroxylation sites is 1. The summed E-state index contributed by atoms with van der Waals surface area (Å²) in [5.41, 5.74) is 0.340. The summed E-state index contributed by atoms with van der Waals surface area (Å²) >= 11 is 0. The number of amides is 1. The highest BCUT2D eigenvalue weighted by Crippen LogP contribution is 2.42. The van der Waals surface area contributed by atoms with E-state index < -0.39 is 11.3 Å². The molecule has 3 heterocycles. The normalized spacial score (nSPS) is 13.7. The van der Waals surface area contributed by atoms with E-state index in [1.54, 1.807) is 42.6 Å². The van der Waals surface area contributed by atoms with E-state index in [0.717, 1.165) is 32.0 Å². The second-order valence-corrected chi connectivity index (χ2v) is 9.32. The number of rotatable bonds is 9. The second kappa shape index (κ2) is 12.1. The van der Waals surface area contributed by atoms with Gasteiger partial charge in [-0.25, -0.2) is 4.98 Å². The number of carbonyl (C=O) groups is 1. The molecule has 0 radical (unpaired) electrons. The van der Waals surface area contributed by atoms with Gasteiger partial charge in [-0.15, -0.1) is 0 Å². The minimum atomic E-state index is -0.504. The highest BCUT2D eigenvalue weighted by molar-refractivity contribution is 6.02. The fourth-order valence-electron chi connectivity index (χ4n) is 4.92. The van der Waals surface area contributed by atoms with Crippen molar-refractivity contribution in [2.45, 2.75) is 0 Å². The Bertz CT molecular complexity index is 1520. The number of carbonyl (C=O) groups excluding carboxylic acids is 1. The van der Waals surface area contributed by atoms with Crippen LogP contribution in [0.2, 0.25) is 0 Å². The van der Waals surface area contributed by atoms with Gasteiger partial charge in [-0.05, 0) is 36.4 Å². The summed E-state index contributed by atoms with van der Waals surface area (Å²) in [5.74, 6) is 1.75. The Morgan fingerprint density at radius 2 is 1.65 bits per heavy atom. The maximum absolute atomic E-state index is 13.6. The lowest BCUT2D eigenvalue weighted by Crippen LogP contribution is -2.48.